The Kier molecular flexibility index (Phi) is 3.47. The Morgan fingerprint density at radius 3 is 2.71 bits per heavy atom. The summed E-state index contributed by atoms with van der Waals surface area (Å²) in [6.45, 7) is 0. The SMILES string of the molecule is CN(C1=C(Br)[N]N=C1C(F)(F)F)C1CCc2ccccc21. The number of halogens is 4. The highest BCUT2D eigenvalue weighted by Crippen LogP contribution is 2.40. The van der Waals surface area contributed by atoms with Crippen LogP contribution in [0, 0.1) is 0 Å². The van der Waals surface area contributed by atoms with Crippen molar-refractivity contribution in [1.29, 1.82) is 0 Å². The lowest BCUT2D eigenvalue weighted by molar-refractivity contribution is -0.0594. The highest BCUT2D eigenvalue weighted by atomic mass is 79.9. The summed E-state index contributed by atoms with van der Waals surface area (Å²) in [7, 11) is 1.66. The summed E-state index contributed by atoms with van der Waals surface area (Å²) >= 11 is 3.08. The zero-order chi connectivity index (χ0) is 15.2. The molecule has 21 heavy (non-hydrogen) atoms. The summed E-state index contributed by atoms with van der Waals surface area (Å²) in [6.07, 6.45) is -2.86. The molecule has 1 heterocycles. The van der Waals surface area contributed by atoms with Crippen LogP contribution in [0.5, 0.6) is 0 Å². The number of hydrogen-bond acceptors (Lipinski definition) is 2. The van der Waals surface area contributed by atoms with Crippen molar-refractivity contribution < 1.29 is 13.2 Å². The van der Waals surface area contributed by atoms with Gasteiger partial charge in [0.1, 0.15) is 5.70 Å². The second kappa shape index (κ2) is 5.05. The van der Waals surface area contributed by atoms with E-state index in [9.17, 15) is 13.2 Å². The Hall–Kier alpha value is -1.50. The van der Waals surface area contributed by atoms with Crippen LogP contribution in [-0.2, 0) is 6.42 Å². The van der Waals surface area contributed by atoms with Gasteiger partial charge >= 0.3 is 6.18 Å². The van der Waals surface area contributed by atoms with Gasteiger partial charge in [-0.15, -0.1) is 10.5 Å². The minimum absolute atomic E-state index is 0.00389. The molecule has 0 aromatic heterocycles. The Bertz CT molecular complexity index is 637. The molecule has 0 spiro atoms. The number of hydrogen-bond donors (Lipinski definition) is 0. The Morgan fingerprint density at radius 1 is 1.29 bits per heavy atom. The van der Waals surface area contributed by atoms with Gasteiger partial charge in [-0.2, -0.15) is 13.2 Å². The van der Waals surface area contributed by atoms with Crippen molar-refractivity contribution in [3.8, 4) is 0 Å². The number of nitrogens with zero attached hydrogens (tertiary/aromatic N) is 3. The van der Waals surface area contributed by atoms with E-state index in [0.29, 0.717) is 0 Å². The van der Waals surface area contributed by atoms with Crippen LogP contribution < -0.4 is 5.43 Å². The third-order valence-electron chi connectivity index (χ3n) is 3.85. The molecular weight excluding hydrogens is 347 g/mol. The van der Waals surface area contributed by atoms with E-state index in [1.165, 1.54) is 5.56 Å². The van der Waals surface area contributed by atoms with E-state index in [4.69, 9.17) is 0 Å². The summed E-state index contributed by atoms with van der Waals surface area (Å²) in [4.78, 5) is 1.62. The van der Waals surface area contributed by atoms with Crippen molar-refractivity contribution in [2.75, 3.05) is 7.05 Å². The van der Waals surface area contributed by atoms with E-state index in [0.717, 1.165) is 18.4 Å². The van der Waals surface area contributed by atoms with Crippen LogP contribution in [0.3, 0.4) is 0 Å². The normalized spacial score (nSPS) is 21.2. The largest absolute Gasteiger partial charge is 0.437 e. The monoisotopic (exact) mass is 358 g/mol. The van der Waals surface area contributed by atoms with Crippen molar-refractivity contribution in [3.63, 3.8) is 0 Å². The predicted octanol–water partition coefficient (Wildman–Crippen LogP) is 3.71. The third kappa shape index (κ3) is 2.43. The Balaban J connectivity index is 1.95. The molecule has 0 saturated carbocycles. The number of benzene rings is 1. The molecule has 1 aromatic rings. The molecule has 0 saturated heterocycles. The molecule has 111 valence electrons. The van der Waals surface area contributed by atoms with Gasteiger partial charge in [0.2, 0.25) is 0 Å². The Morgan fingerprint density at radius 2 is 2.00 bits per heavy atom. The lowest BCUT2D eigenvalue weighted by Gasteiger charge is -2.29. The third-order valence-corrected chi connectivity index (χ3v) is 4.38. The number of allylic oxidation sites excluding steroid dienone is 1. The maximum absolute atomic E-state index is 13.1. The zero-order valence-corrected chi connectivity index (χ0v) is 12.7. The molecule has 1 radical (unpaired) electrons. The van der Waals surface area contributed by atoms with E-state index in [1.807, 2.05) is 24.3 Å². The second-order valence-electron chi connectivity index (χ2n) is 5.05. The molecule has 3 nitrogen and oxygen atoms in total. The molecule has 2 aliphatic rings. The van der Waals surface area contributed by atoms with Gasteiger partial charge in [0, 0.05) is 7.05 Å². The summed E-state index contributed by atoms with van der Waals surface area (Å²) in [5.41, 5.74) is 4.85. The van der Waals surface area contributed by atoms with Crippen molar-refractivity contribution >= 4 is 21.6 Å². The van der Waals surface area contributed by atoms with Gasteiger partial charge in [0.25, 0.3) is 0 Å². The van der Waals surface area contributed by atoms with Gasteiger partial charge < -0.3 is 4.90 Å². The van der Waals surface area contributed by atoms with Crippen LogP contribution in [0.4, 0.5) is 13.2 Å². The van der Waals surface area contributed by atoms with Crippen LogP contribution >= 0.6 is 15.9 Å². The topological polar surface area (TPSA) is 29.7 Å². The first-order valence-electron chi connectivity index (χ1n) is 6.46. The summed E-state index contributed by atoms with van der Waals surface area (Å²) < 4.78 is 39.3. The average molecular weight is 359 g/mol. The van der Waals surface area contributed by atoms with E-state index >= 15 is 0 Å². The predicted molar refractivity (Wildman–Crippen MR) is 76.8 cm³/mol. The van der Waals surface area contributed by atoms with Crippen LogP contribution in [-0.4, -0.2) is 23.8 Å². The summed E-state index contributed by atoms with van der Waals surface area (Å²) in [5, 5.41) is 3.27. The van der Waals surface area contributed by atoms with Crippen LogP contribution in [0.1, 0.15) is 23.6 Å². The molecule has 1 atom stereocenters. The molecular formula is C14H12BrF3N3. The zero-order valence-electron chi connectivity index (χ0n) is 11.2. The highest BCUT2D eigenvalue weighted by molar-refractivity contribution is 9.11. The van der Waals surface area contributed by atoms with Crippen molar-refractivity contribution in [2.45, 2.75) is 25.1 Å². The minimum Gasteiger partial charge on any atom is -0.363 e. The van der Waals surface area contributed by atoms with Crippen LogP contribution in [0.25, 0.3) is 0 Å². The fraction of sp³-hybridized carbons (Fsp3) is 0.357. The minimum atomic E-state index is -4.51. The smallest absolute Gasteiger partial charge is 0.363 e. The molecule has 1 aliphatic carbocycles. The van der Waals surface area contributed by atoms with Gasteiger partial charge in [0.05, 0.1) is 6.04 Å². The molecule has 1 unspecified atom stereocenters. The molecule has 0 fully saturated rings. The number of fused-ring (bicyclic) bond motifs is 1. The molecule has 1 aliphatic heterocycles. The van der Waals surface area contributed by atoms with Crippen LogP contribution in [0.15, 0.2) is 39.7 Å². The first-order valence-corrected chi connectivity index (χ1v) is 7.25. The van der Waals surface area contributed by atoms with Gasteiger partial charge in [-0.1, -0.05) is 24.3 Å². The van der Waals surface area contributed by atoms with Crippen molar-refractivity contribution in [2.24, 2.45) is 5.10 Å². The maximum Gasteiger partial charge on any atom is 0.437 e. The van der Waals surface area contributed by atoms with Crippen molar-refractivity contribution in [1.82, 2.24) is 10.3 Å². The van der Waals surface area contributed by atoms with E-state index < -0.39 is 11.9 Å². The maximum atomic E-state index is 13.1. The first kappa shape index (κ1) is 14.4. The van der Waals surface area contributed by atoms with Gasteiger partial charge in [-0.25, -0.2) is 0 Å². The number of aryl methyl sites for hydroxylation is 1. The van der Waals surface area contributed by atoms with E-state index in [2.05, 4.69) is 26.5 Å². The number of rotatable bonds is 2. The fourth-order valence-electron chi connectivity index (χ4n) is 2.88. The molecule has 0 N–H and O–H groups in total. The average Bonchev–Trinajstić information content (AvgIpc) is 3.01. The van der Waals surface area contributed by atoms with Crippen molar-refractivity contribution in [3.05, 3.63) is 45.7 Å². The lowest BCUT2D eigenvalue weighted by Crippen LogP contribution is -2.33. The molecule has 3 rings (SSSR count). The van der Waals surface area contributed by atoms with Crippen LogP contribution in [0.2, 0.25) is 0 Å². The second-order valence-corrected chi connectivity index (χ2v) is 5.80. The highest BCUT2D eigenvalue weighted by Gasteiger charge is 2.45. The Labute approximate surface area is 128 Å². The summed E-state index contributed by atoms with van der Waals surface area (Å²) in [5.74, 6) is 0. The van der Waals surface area contributed by atoms with Gasteiger partial charge in [0.15, 0.2) is 10.3 Å². The van der Waals surface area contributed by atoms with Gasteiger partial charge in [-0.3, -0.25) is 0 Å². The molecule has 7 heteroatoms. The first-order chi connectivity index (χ1) is 9.89. The lowest BCUT2D eigenvalue weighted by atomic mass is 10.1. The molecule has 1 aromatic carbocycles. The quantitative estimate of drug-likeness (QED) is 0.741. The van der Waals surface area contributed by atoms with E-state index in [-0.39, 0.29) is 16.3 Å². The van der Waals surface area contributed by atoms with E-state index in [1.54, 1.807) is 11.9 Å². The fourth-order valence-corrected chi connectivity index (χ4v) is 3.43. The molecule has 0 bridgehead atoms. The summed E-state index contributed by atoms with van der Waals surface area (Å²) in [6, 6.07) is 7.75. The number of alkyl halides is 3. The standard InChI is InChI=1S/C14H12BrF3N3/c1-21(10-7-6-8-4-2-3-5-9(8)10)11-12(14(16,17)18)19-20-13(11)15/h2-5,10H,6-7H2,1H3. The van der Waals surface area contributed by atoms with Gasteiger partial charge in [-0.05, 0) is 39.9 Å². The molecule has 0 amide bonds.